The Balaban J connectivity index is 2.55. The van der Waals surface area contributed by atoms with Crippen LogP contribution in [0.5, 0.6) is 0 Å². The van der Waals surface area contributed by atoms with Crippen molar-refractivity contribution in [3.05, 3.63) is 0 Å². The van der Waals surface area contributed by atoms with E-state index in [9.17, 15) is 5.11 Å². The molecule has 0 bridgehead atoms. The summed E-state index contributed by atoms with van der Waals surface area (Å²) in [6.45, 7) is 9.55. The van der Waals surface area contributed by atoms with Crippen LogP contribution in [-0.2, 0) is 0 Å². The predicted octanol–water partition coefficient (Wildman–Crippen LogP) is 2.27. The zero-order chi connectivity index (χ0) is 10.6. The molecule has 1 fully saturated rings. The van der Waals surface area contributed by atoms with Crippen molar-refractivity contribution in [1.82, 2.24) is 4.90 Å². The number of nitrogens with zero attached hydrogens (tertiary/aromatic N) is 1. The number of likely N-dealkylation sites (tertiary alicyclic amines) is 1. The molecule has 84 valence electrons. The molecule has 1 heterocycles. The lowest BCUT2D eigenvalue weighted by molar-refractivity contribution is -0.00497. The molecule has 2 nitrogen and oxygen atoms in total. The summed E-state index contributed by atoms with van der Waals surface area (Å²) in [4.78, 5) is 2.56. The van der Waals surface area contributed by atoms with Crippen LogP contribution in [0.25, 0.3) is 0 Å². The van der Waals surface area contributed by atoms with Crippen molar-refractivity contribution >= 4 is 0 Å². The summed E-state index contributed by atoms with van der Waals surface area (Å²) in [5.41, 5.74) is 0.197. The van der Waals surface area contributed by atoms with Gasteiger partial charge >= 0.3 is 0 Å². The Morgan fingerprint density at radius 3 is 2.71 bits per heavy atom. The second kappa shape index (κ2) is 5.13. The summed E-state index contributed by atoms with van der Waals surface area (Å²) in [5, 5.41) is 9.34. The average Bonchev–Trinajstić information content (AvgIpc) is 2.15. The van der Waals surface area contributed by atoms with Gasteiger partial charge in [-0.05, 0) is 52.1 Å². The van der Waals surface area contributed by atoms with Crippen molar-refractivity contribution in [1.29, 1.82) is 0 Å². The van der Waals surface area contributed by atoms with Crippen LogP contribution in [0.3, 0.4) is 0 Å². The van der Waals surface area contributed by atoms with Crippen LogP contribution in [0.2, 0.25) is 0 Å². The molecule has 14 heavy (non-hydrogen) atoms. The van der Waals surface area contributed by atoms with Crippen molar-refractivity contribution in [2.24, 2.45) is 5.92 Å². The molecule has 0 aromatic carbocycles. The first-order chi connectivity index (χ1) is 6.62. The van der Waals surface area contributed by atoms with Gasteiger partial charge in [0, 0.05) is 12.1 Å². The minimum absolute atomic E-state index is 0.197. The molecule has 0 saturated carbocycles. The highest BCUT2D eigenvalue weighted by Crippen LogP contribution is 2.32. The van der Waals surface area contributed by atoms with Gasteiger partial charge in [-0.15, -0.1) is 0 Å². The van der Waals surface area contributed by atoms with Gasteiger partial charge in [-0.25, -0.2) is 0 Å². The molecule has 1 unspecified atom stereocenters. The smallest absolute Gasteiger partial charge is 0.0476 e. The average molecular weight is 199 g/mol. The highest BCUT2D eigenvalue weighted by Gasteiger charge is 2.37. The van der Waals surface area contributed by atoms with Gasteiger partial charge in [-0.2, -0.15) is 0 Å². The summed E-state index contributed by atoms with van der Waals surface area (Å²) in [7, 11) is 0. The van der Waals surface area contributed by atoms with E-state index in [2.05, 4.69) is 25.7 Å². The highest BCUT2D eigenvalue weighted by atomic mass is 16.3. The Bertz CT molecular complexity index is 168. The zero-order valence-electron chi connectivity index (χ0n) is 9.92. The molecule has 1 N–H and O–H groups in total. The normalized spacial score (nSPS) is 27.9. The lowest BCUT2D eigenvalue weighted by Crippen LogP contribution is -2.54. The molecule has 0 amide bonds. The number of piperidine rings is 1. The van der Waals surface area contributed by atoms with E-state index in [1.807, 2.05) is 0 Å². The van der Waals surface area contributed by atoms with E-state index in [1.165, 1.54) is 38.8 Å². The van der Waals surface area contributed by atoms with Gasteiger partial charge in [0.1, 0.15) is 0 Å². The van der Waals surface area contributed by atoms with E-state index in [0.29, 0.717) is 12.5 Å². The molecule has 1 atom stereocenters. The molecular weight excluding hydrogens is 174 g/mol. The van der Waals surface area contributed by atoms with Crippen LogP contribution in [0.1, 0.15) is 46.5 Å². The fourth-order valence-electron chi connectivity index (χ4n) is 2.49. The minimum Gasteiger partial charge on any atom is -0.396 e. The van der Waals surface area contributed by atoms with Gasteiger partial charge in [0.2, 0.25) is 0 Å². The summed E-state index contributed by atoms with van der Waals surface area (Å²) < 4.78 is 0. The Labute approximate surface area is 88.3 Å². The zero-order valence-corrected chi connectivity index (χ0v) is 9.92. The van der Waals surface area contributed by atoms with Crippen LogP contribution in [0, 0.1) is 5.92 Å². The van der Waals surface area contributed by atoms with Crippen LogP contribution < -0.4 is 0 Å². The number of hydrogen-bond acceptors (Lipinski definition) is 2. The fourth-order valence-corrected chi connectivity index (χ4v) is 2.49. The van der Waals surface area contributed by atoms with E-state index >= 15 is 0 Å². The summed E-state index contributed by atoms with van der Waals surface area (Å²) in [5.74, 6) is 0.466. The van der Waals surface area contributed by atoms with Crippen LogP contribution in [-0.4, -0.2) is 35.2 Å². The monoisotopic (exact) mass is 199 g/mol. The molecule has 0 aromatic rings. The Morgan fingerprint density at radius 1 is 1.43 bits per heavy atom. The quantitative estimate of drug-likeness (QED) is 0.751. The largest absolute Gasteiger partial charge is 0.396 e. The van der Waals surface area contributed by atoms with E-state index in [0.717, 1.165) is 0 Å². The number of unbranched alkanes of at least 4 members (excludes halogenated alkanes) is 1. The second-order valence-corrected chi connectivity index (χ2v) is 5.02. The molecule has 1 aliphatic heterocycles. The van der Waals surface area contributed by atoms with Gasteiger partial charge in [-0.1, -0.05) is 13.3 Å². The summed E-state index contributed by atoms with van der Waals surface area (Å²) in [6, 6.07) is 0. The standard InChI is InChI=1S/C12H25NO/c1-4-5-8-13-9-6-7-11(10-14)12(13,2)3/h11,14H,4-10H2,1-3H3. The molecule has 1 saturated heterocycles. The van der Waals surface area contributed by atoms with Crippen molar-refractivity contribution in [2.75, 3.05) is 19.7 Å². The topological polar surface area (TPSA) is 23.5 Å². The molecule has 0 aromatic heterocycles. The molecule has 2 heteroatoms. The van der Waals surface area contributed by atoms with Gasteiger partial charge in [0.15, 0.2) is 0 Å². The van der Waals surface area contributed by atoms with Gasteiger partial charge in [0.25, 0.3) is 0 Å². The van der Waals surface area contributed by atoms with Crippen LogP contribution >= 0.6 is 0 Å². The lowest BCUT2D eigenvalue weighted by Gasteiger charge is -2.47. The van der Waals surface area contributed by atoms with E-state index in [-0.39, 0.29) is 5.54 Å². The first-order valence-corrected chi connectivity index (χ1v) is 5.98. The minimum atomic E-state index is 0.197. The maximum Gasteiger partial charge on any atom is 0.0476 e. The SMILES string of the molecule is CCCCN1CCCC(CO)C1(C)C. The van der Waals surface area contributed by atoms with Gasteiger partial charge in [-0.3, -0.25) is 4.90 Å². The molecule has 1 rings (SSSR count). The second-order valence-electron chi connectivity index (χ2n) is 5.02. The third-order valence-electron chi connectivity index (χ3n) is 3.80. The van der Waals surface area contributed by atoms with Crippen molar-refractivity contribution in [2.45, 2.75) is 52.0 Å². The Hall–Kier alpha value is -0.0800. The van der Waals surface area contributed by atoms with Crippen molar-refractivity contribution in [3.8, 4) is 0 Å². The third kappa shape index (κ3) is 2.48. The lowest BCUT2D eigenvalue weighted by atomic mass is 9.79. The molecule has 0 spiro atoms. The van der Waals surface area contributed by atoms with E-state index in [1.54, 1.807) is 0 Å². The van der Waals surface area contributed by atoms with Crippen molar-refractivity contribution in [3.63, 3.8) is 0 Å². The maximum absolute atomic E-state index is 9.34. The van der Waals surface area contributed by atoms with Crippen LogP contribution in [0.4, 0.5) is 0 Å². The summed E-state index contributed by atoms with van der Waals surface area (Å²) in [6.07, 6.45) is 4.97. The highest BCUT2D eigenvalue weighted by molar-refractivity contribution is 4.92. The first kappa shape index (κ1) is 12.0. The van der Waals surface area contributed by atoms with E-state index < -0.39 is 0 Å². The van der Waals surface area contributed by atoms with E-state index in [4.69, 9.17) is 0 Å². The molecule has 1 aliphatic rings. The first-order valence-electron chi connectivity index (χ1n) is 5.98. The third-order valence-corrected chi connectivity index (χ3v) is 3.80. The number of rotatable bonds is 4. The predicted molar refractivity (Wildman–Crippen MR) is 60.4 cm³/mol. The molecule has 0 aliphatic carbocycles. The van der Waals surface area contributed by atoms with Gasteiger partial charge < -0.3 is 5.11 Å². The van der Waals surface area contributed by atoms with Crippen LogP contribution in [0.15, 0.2) is 0 Å². The fraction of sp³-hybridized carbons (Fsp3) is 1.00. The molecule has 0 radical (unpaired) electrons. The number of hydrogen-bond donors (Lipinski definition) is 1. The Morgan fingerprint density at radius 2 is 2.14 bits per heavy atom. The number of aliphatic hydroxyl groups excluding tert-OH is 1. The molecular formula is C12H25NO. The van der Waals surface area contributed by atoms with Crippen molar-refractivity contribution < 1.29 is 5.11 Å². The number of aliphatic hydroxyl groups is 1. The van der Waals surface area contributed by atoms with Gasteiger partial charge in [0.05, 0.1) is 0 Å². The maximum atomic E-state index is 9.34. The Kier molecular flexibility index (Phi) is 4.39. The summed E-state index contributed by atoms with van der Waals surface area (Å²) >= 11 is 0.